The van der Waals surface area contributed by atoms with Gasteiger partial charge in [0.25, 0.3) is 0 Å². The quantitative estimate of drug-likeness (QED) is 0.829. The van der Waals surface area contributed by atoms with Crippen LogP contribution in [-0.2, 0) is 19.5 Å². The summed E-state index contributed by atoms with van der Waals surface area (Å²) in [5, 5.41) is 0. The SMILES string of the molecule is CC(C)c1ncc(CN2CCC[C@H](c3ncc4c(n3)CCN(C)C4)C2)cn1. The number of fused-ring (bicyclic) bond motifs is 1. The van der Waals surface area contributed by atoms with E-state index in [-0.39, 0.29) is 0 Å². The highest BCUT2D eigenvalue weighted by Crippen LogP contribution is 2.27. The van der Waals surface area contributed by atoms with E-state index in [0.717, 1.165) is 50.8 Å². The van der Waals surface area contributed by atoms with Crippen LogP contribution in [-0.4, -0.2) is 56.4 Å². The van der Waals surface area contributed by atoms with Crippen LogP contribution in [0.3, 0.4) is 0 Å². The summed E-state index contributed by atoms with van der Waals surface area (Å²) in [6, 6.07) is 0. The summed E-state index contributed by atoms with van der Waals surface area (Å²) in [6.45, 7) is 9.36. The van der Waals surface area contributed by atoms with Gasteiger partial charge in [-0.25, -0.2) is 19.9 Å². The Morgan fingerprint density at radius 2 is 1.93 bits per heavy atom. The molecule has 2 aromatic rings. The molecule has 0 amide bonds. The standard InChI is InChI=1S/C21H30N6/c1-15(2)20-22-9-16(10-23-20)12-27-7-4-5-17(14-27)21-24-11-18-13-26(3)8-6-19(18)25-21/h9-11,15,17H,4-8,12-14H2,1-3H3/t17-/m0/s1. The van der Waals surface area contributed by atoms with E-state index in [1.165, 1.54) is 29.7 Å². The summed E-state index contributed by atoms with van der Waals surface area (Å²) < 4.78 is 0. The van der Waals surface area contributed by atoms with Crippen molar-refractivity contribution in [2.45, 2.75) is 58.0 Å². The van der Waals surface area contributed by atoms with Crippen LogP contribution in [0.2, 0.25) is 0 Å². The first kappa shape index (κ1) is 18.4. The number of likely N-dealkylation sites (N-methyl/N-ethyl adjacent to an activating group) is 1. The number of hydrogen-bond acceptors (Lipinski definition) is 6. The molecule has 144 valence electrons. The van der Waals surface area contributed by atoms with Crippen molar-refractivity contribution >= 4 is 0 Å². The molecule has 2 aliphatic heterocycles. The van der Waals surface area contributed by atoms with Gasteiger partial charge in [-0.05, 0) is 26.4 Å². The van der Waals surface area contributed by atoms with E-state index in [9.17, 15) is 0 Å². The smallest absolute Gasteiger partial charge is 0.132 e. The van der Waals surface area contributed by atoms with Crippen molar-refractivity contribution in [2.75, 3.05) is 26.7 Å². The minimum atomic E-state index is 0.374. The monoisotopic (exact) mass is 366 g/mol. The Labute approximate surface area is 162 Å². The van der Waals surface area contributed by atoms with Gasteiger partial charge in [-0.2, -0.15) is 0 Å². The zero-order chi connectivity index (χ0) is 18.8. The Morgan fingerprint density at radius 3 is 2.70 bits per heavy atom. The van der Waals surface area contributed by atoms with Crippen molar-refractivity contribution in [3.05, 3.63) is 47.1 Å². The lowest BCUT2D eigenvalue weighted by Gasteiger charge is -2.32. The minimum absolute atomic E-state index is 0.374. The van der Waals surface area contributed by atoms with Crippen LogP contribution < -0.4 is 0 Å². The Kier molecular flexibility index (Phi) is 5.45. The van der Waals surface area contributed by atoms with E-state index < -0.39 is 0 Å². The molecule has 2 aliphatic rings. The first-order chi connectivity index (χ1) is 13.1. The molecule has 0 bridgehead atoms. The number of hydrogen-bond donors (Lipinski definition) is 0. The summed E-state index contributed by atoms with van der Waals surface area (Å²) in [7, 11) is 2.16. The van der Waals surface area contributed by atoms with Crippen molar-refractivity contribution in [2.24, 2.45) is 0 Å². The third-order valence-corrected chi connectivity index (χ3v) is 5.66. The predicted molar refractivity (Wildman–Crippen MR) is 105 cm³/mol. The summed E-state index contributed by atoms with van der Waals surface area (Å²) in [4.78, 5) is 23.5. The Hall–Kier alpha value is -1.92. The molecule has 1 atom stereocenters. The summed E-state index contributed by atoms with van der Waals surface area (Å²) >= 11 is 0. The van der Waals surface area contributed by atoms with Gasteiger partial charge in [-0.1, -0.05) is 13.8 Å². The maximum absolute atomic E-state index is 4.95. The zero-order valence-electron chi connectivity index (χ0n) is 16.7. The molecule has 0 aromatic carbocycles. The van der Waals surface area contributed by atoms with Gasteiger partial charge >= 0.3 is 0 Å². The van der Waals surface area contributed by atoms with Crippen LogP contribution in [0.15, 0.2) is 18.6 Å². The zero-order valence-corrected chi connectivity index (χ0v) is 16.7. The molecule has 0 radical (unpaired) electrons. The number of aromatic nitrogens is 4. The molecule has 0 saturated carbocycles. The van der Waals surface area contributed by atoms with Crippen LogP contribution in [0.25, 0.3) is 0 Å². The summed E-state index contributed by atoms with van der Waals surface area (Å²) in [6.07, 6.45) is 9.44. The van der Waals surface area contributed by atoms with Gasteiger partial charge in [0.15, 0.2) is 0 Å². The minimum Gasteiger partial charge on any atom is -0.302 e. The van der Waals surface area contributed by atoms with Crippen LogP contribution in [0.1, 0.15) is 67.0 Å². The van der Waals surface area contributed by atoms with Gasteiger partial charge in [0.2, 0.25) is 0 Å². The molecule has 0 aliphatic carbocycles. The van der Waals surface area contributed by atoms with Crippen LogP contribution >= 0.6 is 0 Å². The Morgan fingerprint density at radius 1 is 1.11 bits per heavy atom. The molecule has 0 spiro atoms. The molecule has 27 heavy (non-hydrogen) atoms. The molecule has 4 rings (SSSR count). The molecule has 6 nitrogen and oxygen atoms in total. The number of nitrogens with zero attached hydrogens (tertiary/aromatic N) is 6. The molecule has 1 fully saturated rings. The van der Waals surface area contributed by atoms with Crippen molar-refractivity contribution in [3.63, 3.8) is 0 Å². The normalized spacial score (nSPS) is 21.4. The van der Waals surface area contributed by atoms with Crippen LogP contribution in [0.5, 0.6) is 0 Å². The highest BCUT2D eigenvalue weighted by Gasteiger charge is 2.25. The third kappa shape index (κ3) is 4.33. The maximum Gasteiger partial charge on any atom is 0.132 e. The van der Waals surface area contributed by atoms with Gasteiger partial charge in [-0.15, -0.1) is 0 Å². The highest BCUT2D eigenvalue weighted by atomic mass is 15.1. The lowest BCUT2D eigenvalue weighted by Crippen LogP contribution is -2.35. The Balaban J connectivity index is 1.42. The lowest BCUT2D eigenvalue weighted by molar-refractivity contribution is 0.195. The van der Waals surface area contributed by atoms with Gasteiger partial charge < -0.3 is 4.90 Å². The van der Waals surface area contributed by atoms with Crippen LogP contribution in [0, 0.1) is 0 Å². The summed E-state index contributed by atoms with van der Waals surface area (Å²) in [5.74, 6) is 2.76. The van der Waals surface area contributed by atoms with Crippen LogP contribution in [0.4, 0.5) is 0 Å². The Bertz CT molecular complexity index is 773. The van der Waals surface area contributed by atoms with Crippen molar-refractivity contribution < 1.29 is 0 Å². The first-order valence-electron chi connectivity index (χ1n) is 10.1. The molecule has 6 heteroatoms. The number of rotatable bonds is 4. The van der Waals surface area contributed by atoms with Gasteiger partial charge in [0.1, 0.15) is 11.6 Å². The fourth-order valence-corrected chi connectivity index (χ4v) is 4.08. The molecule has 0 unspecified atom stereocenters. The van der Waals surface area contributed by atoms with Gasteiger partial charge in [-0.3, -0.25) is 4.90 Å². The van der Waals surface area contributed by atoms with E-state index in [0.29, 0.717) is 11.8 Å². The van der Waals surface area contributed by atoms with E-state index >= 15 is 0 Å². The van der Waals surface area contributed by atoms with E-state index in [1.54, 1.807) is 0 Å². The molecule has 1 saturated heterocycles. The van der Waals surface area contributed by atoms with E-state index in [4.69, 9.17) is 9.97 Å². The fourth-order valence-electron chi connectivity index (χ4n) is 4.08. The molecular weight excluding hydrogens is 336 g/mol. The maximum atomic E-state index is 4.95. The van der Waals surface area contributed by atoms with E-state index in [2.05, 4.69) is 46.9 Å². The summed E-state index contributed by atoms with van der Waals surface area (Å²) in [5.41, 5.74) is 3.74. The molecule has 4 heterocycles. The van der Waals surface area contributed by atoms with Crippen molar-refractivity contribution in [1.82, 2.24) is 29.7 Å². The van der Waals surface area contributed by atoms with Gasteiger partial charge in [0.05, 0.1) is 0 Å². The third-order valence-electron chi connectivity index (χ3n) is 5.66. The second-order valence-electron chi connectivity index (χ2n) is 8.37. The van der Waals surface area contributed by atoms with E-state index in [1.807, 2.05) is 12.4 Å². The topological polar surface area (TPSA) is 58.0 Å². The van der Waals surface area contributed by atoms with Gasteiger partial charge in [0, 0.05) is 79.8 Å². The molecular formula is C21H30N6. The second kappa shape index (κ2) is 7.98. The fraction of sp³-hybridized carbons (Fsp3) is 0.619. The second-order valence-corrected chi connectivity index (χ2v) is 8.37. The number of likely N-dealkylation sites (tertiary alicyclic amines) is 1. The molecule has 2 aromatic heterocycles. The van der Waals surface area contributed by atoms with Crippen molar-refractivity contribution in [1.29, 1.82) is 0 Å². The lowest BCUT2D eigenvalue weighted by atomic mass is 9.96. The predicted octanol–water partition coefficient (Wildman–Crippen LogP) is 2.76. The average Bonchev–Trinajstić information content (AvgIpc) is 2.68. The van der Waals surface area contributed by atoms with Crippen molar-refractivity contribution in [3.8, 4) is 0 Å². The highest BCUT2D eigenvalue weighted by molar-refractivity contribution is 5.21. The average molecular weight is 367 g/mol. The molecule has 0 N–H and O–H groups in total. The first-order valence-corrected chi connectivity index (χ1v) is 10.1. The number of piperidine rings is 1. The largest absolute Gasteiger partial charge is 0.302 e.